The van der Waals surface area contributed by atoms with Crippen LogP contribution in [0.2, 0.25) is 0 Å². The maximum Gasteiger partial charge on any atom is 0.338 e. The number of rotatable bonds is 16. The zero-order valence-electron chi connectivity index (χ0n) is 20.5. The molecule has 190 valence electrons. The zero-order valence-corrected chi connectivity index (χ0v) is 20.5. The Morgan fingerprint density at radius 1 is 0.667 bits per heavy atom. The molecule has 3 aromatic carbocycles. The van der Waals surface area contributed by atoms with E-state index in [4.69, 9.17) is 28.4 Å². The van der Waals surface area contributed by atoms with Gasteiger partial charge < -0.3 is 28.4 Å². The Balaban J connectivity index is 1.20. The summed E-state index contributed by atoms with van der Waals surface area (Å²) in [4.78, 5) is 12.0. The molecule has 0 heterocycles. The molecule has 0 aliphatic heterocycles. The van der Waals surface area contributed by atoms with E-state index in [-0.39, 0.29) is 6.61 Å². The normalized spacial score (nSPS) is 10.5. The van der Waals surface area contributed by atoms with Gasteiger partial charge in [0.1, 0.15) is 37.1 Å². The smallest absolute Gasteiger partial charge is 0.338 e. The maximum atomic E-state index is 12.0. The Bertz CT molecular complexity index is 1040. The summed E-state index contributed by atoms with van der Waals surface area (Å²) in [5.74, 6) is 1.88. The van der Waals surface area contributed by atoms with Crippen LogP contribution in [0.3, 0.4) is 0 Å². The molecular weight excluding hydrogens is 460 g/mol. The zero-order chi connectivity index (χ0) is 25.4. The van der Waals surface area contributed by atoms with Crippen molar-refractivity contribution < 1.29 is 33.2 Å². The highest BCUT2D eigenvalue weighted by atomic mass is 16.6. The van der Waals surface area contributed by atoms with Crippen molar-refractivity contribution in [3.05, 3.63) is 91.0 Å². The quantitative estimate of drug-likeness (QED) is 0.155. The van der Waals surface area contributed by atoms with Gasteiger partial charge in [-0.15, -0.1) is 0 Å². The fraction of sp³-hybridized carbons (Fsp3) is 0.276. The van der Waals surface area contributed by atoms with Crippen molar-refractivity contribution >= 4 is 5.97 Å². The van der Waals surface area contributed by atoms with E-state index in [1.165, 1.54) is 0 Å². The number of hydrogen-bond acceptors (Lipinski definition) is 7. The summed E-state index contributed by atoms with van der Waals surface area (Å²) < 4.78 is 32.5. The first-order valence-electron chi connectivity index (χ1n) is 11.7. The largest absolute Gasteiger partial charge is 0.497 e. The SMILES string of the molecule is C=CCOc1ccc(C(=O)OCCOCCOCCOc2ccc(-c3ccc(OC)cc3)cc2)cc1. The second-order valence-corrected chi connectivity index (χ2v) is 7.59. The Kier molecular flexibility index (Phi) is 11.3. The number of carbonyl (C=O) groups excluding carboxylic acids is 1. The van der Waals surface area contributed by atoms with Gasteiger partial charge in [0.15, 0.2) is 0 Å². The lowest BCUT2D eigenvalue weighted by atomic mass is 10.1. The molecule has 0 bridgehead atoms. The molecule has 0 aromatic heterocycles. The number of ether oxygens (including phenoxy) is 6. The first-order valence-corrected chi connectivity index (χ1v) is 11.7. The standard InChI is InChI=1S/C29H32O7/c1-3-16-34-27-14-8-25(9-15-27)29(30)36-22-20-33-18-17-32-19-21-35-28-12-6-24(7-13-28)23-4-10-26(31-2)11-5-23/h3-15H,1,16-22H2,2H3. The van der Waals surface area contributed by atoms with Crippen molar-refractivity contribution in [1.82, 2.24) is 0 Å². The van der Waals surface area contributed by atoms with E-state index in [2.05, 4.69) is 6.58 Å². The number of methoxy groups -OCH3 is 1. The fourth-order valence-corrected chi connectivity index (χ4v) is 3.19. The minimum Gasteiger partial charge on any atom is -0.497 e. The van der Waals surface area contributed by atoms with E-state index in [1.807, 2.05) is 48.5 Å². The van der Waals surface area contributed by atoms with Crippen molar-refractivity contribution in [2.75, 3.05) is 53.4 Å². The molecular formula is C29H32O7. The molecule has 0 saturated carbocycles. The molecule has 7 nitrogen and oxygen atoms in total. The Hall–Kier alpha value is -3.81. The summed E-state index contributed by atoms with van der Waals surface area (Å²) in [7, 11) is 1.65. The first-order chi connectivity index (χ1) is 17.7. The predicted octanol–water partition coefficient (Wildman–Crippen LogP) is 5.20. The number of benzene rings is 3. The molecule has 36 heavy (non-hydrogen) atoms. The monoisotopic (exact) mass is 492 g/mol. The van der Waals surface area contributed by atoms with Crippen LogP contribution in [0.15, 0.2) is 85.5 Å². The van der Waals surface area contributed by atoms with Gasteiger partial charge in [0.05, 0.1) is 39.1 Å². The van der Waals surface area contributed by atoms with Crippen LogP contribution < -0.4 is 14.2 Å². The summed E-state index contributed by atoms with van der Waals surface area (Å²) >= 11 is 0. The lowest BCUT2D eigenvalue weighted by Crippen LogP contribution is -2.14. The van der Waals surface area contributed by atoms with Gasteiger partial charge in [-0.25, -0.2) is 4.79 Å². The van der Waals surface area contributed by atoms with Crippen LogP contribution in [0.5, 0.6) is 17.2 Å². The Morgan fingerprint density at radius 2 is 1.17 bits per heavy atom. The van der Waals surface area contributed by atoms with E-state index in [0.717, 1.165) is 22.6 Å². The van der Waals surface area contributed by atoms with Crippen LogP contribution in [0.1, 0.15) is 10.4 Å². The van der Waals surface area contributed by atoms with Gasteiger partial charge in [-0.05, 0) is 59.7 Å². The van der Waals surface area contributed by atoms with Gasteiger partial charge in [-0.3, -0.25) is 0 Å². The summed E-state index contributed by atoms with van der Waals surface area (Å²) in [6, 6.07) is 22.6. The van der Waals surface area contributed by atoms with Crippen LogP contribution in [0, 0.1) is 0 Å². The molecule has 0 aliphatic rings. The average Bonchev–Trinajstić information content (AvgIpc) is 2.93. The molecule has 3 rings (SSSR count). The molecule has 3 aromatic rings. The molecule has 0 fully saturated rings. The lowest BCUT2D eigenvalue weighted by molar-refractivity contribution is 0.0106. The van der Waals surface area contributed by atoms with Crippen LogP contribution in [0.4, 0.5) is 0 Å². The van der Waals surface area contributed by atoms with Gasteiger partial charge in [0.2, 0.25) is 0 Å². The number of hydrogen-bond donors (Lipinski definition) is 0. The maximum absolute atomic E-state index is 12.0. The summed E-state index contributed by atoms with van der Waals surface area (Å²) in [5, 5.41) is 0. The van der Waals surface area contributed by atoms with Gasteiger partial charge in [0.25, 0.3) is 0 Å². The topological polar surface area (TPSA) is 72.5 Å². The number of esters is 1. The second-order valence-electron chi connectivity index (χ2n) is 7.59. The van der Waals surface area contributed by atoms with Gasteiger partial charge in [0, 0.05) is 0 Å². The number of carbonyl (C=O) groups is 1. The summed E-state index contributed by atoms with van der Waals surface area (Å²) in [6.07, 6.45) is 1.66. The van der Waals surface area contributed by atoms with Crippen LogP contribution in [-0.2, 0) is 14.2 Å². The highest BCUT2D eigenvalue weighted by molar-refractivity contribution is 5.89. The molecule has 0 radical (unpaired) electrons. The Labute approximate surface area is 212 Å². The third kappa shape index (κ3) is 9.09. The molecule has 0 N–H and O–H groups in total. The summed E-state index contributed by atoms with van der Waals surface area (Å²) in [5.41, 5.74) is 2.68. The molecule has 0 unspecified atom stereocenters. The van der Waals surface area contributed by atoms with Gasteiger partial charge >= 0.3 is 5.97 Å². The van der Waals surface area contributed by atoms with Crippen molar-refractivity contribution in [2.45, 2.75) is 0 Å². The average molecular weight is 493 g/mol. The minimum absolute atomic E-state index is 0.170. The highest BCUT2D eigenvalue weighted by Gasteiger charge is 2.07. The fourth-order valence-electron chi connectivity index (χ4n) is 3.19. The first kappa shape index (κ1) is 26.8. The van der Waals surface area contributed by atoms with Crippen molar-refractivity contribution in [2.24, 2.45) is 0 Å². The second kappa shape index (κ2) is 15.2. The van der Waals surface area contributed by atoms with Crippen LogP contribution >= 0.6 is 0 Å². The Morgan fingerprint density at radius 3 is 1.75 bits per heavy atom. The van der Waals surface area contributed by atoms with E-state index < -0.39 is 5.97 Å². The van der Waals surface area contributed by atoms with Crippen molar-refractivity contribution in [1.29, 1.82) is 0 Å². The van der Waals surface area contributed by atoms with Gasteiger partial charge in [-0.2, -0.15) is 0 Å². The van der Waals surface area contributed by atoms with Crippen LogP contribution in [-0.4, -0.2) is 59.3 Å². The van der Waals surface area contributed by atoms with Crippen molar-refractivity contribution in [3.63, 3.8) is 0 Å². The van der Waals surface area contributed by atoms with E-state index in [0.29, 0.717) is 51.0 Å². The molecule has 0 saturated heterocycles. The van der Waals surface area contributed by atoms with E-state index >= 15 is 0 Å². The third-order valence-electron chi connectivity index (χ3n) is 5.06. The third-order valence-corrected chi connectivity index (χ3v) is 5.06. The molecule has 0 amide bonds. The van der Waals surface area contributed by atoms with Crippen molar-refractivity contribution in [3.8, 4) is 28.4 Å². The predicted molar refractivity (Wildman–Crippen MR) is 138 cm³/mol. The van der Waals surface area contributed by atoms with Crippen LogP contribution in [0.25, 0.3) is 11.1 Å². The van der Waals surface area contributed by atoms with Gasteiger partial charge in [-0.1, -0.05) is 36.9 Å². The molecule has 0 atom stereocenters. The van der Waals surface area contributed by atoms with E-state index in [9.17, 15) is 4.79 Å². The molecule has 0 spiro atoms. The summed E-state index contributed by atoms with van der Waals surface area (Å²) in [6.45, 7) is 6.20. The van der Waals surface area contributed by atoms with E-state index in [1.54, 1.807) is 37.5 Å². The highest BCUT2D eigenvalue weighted by Crippen LogP contribution is 2.24. The molecule has 0 aliphatic carbocycles. The molecule has 7 heteroatoms. The lowest BCUT2D eigenvalue weighted by Gasteiger charge is -2.09. The minimum atomic E-state index is -0.403.